The first-order valence-electron chi connectivity index (χ1n) is 7.43. The third kappa shape index (κ3) is 4.80. The Bertz CT molecular complexity index is 479. The van der Waals surface area contributed by atoms with Crippen molar-refractivity contribution in [2.75, 3.05) is 6.61 Å². The van der Waals surface area contributed by atoms with Crippen LogP contribution in [0.25, 0.3) is 0 Å². The van der Waals surface area contributed by atoms with Gasteiger partial charge >= 0.3 is 6.18 Å². The van der Waals surface area contributed by atoms with Gasteiger partial charge in [-0.05, 0) is 42.9 Å². The Balaban J connectivity index is 1.77. The van der Waals surface area contributed by atoms with Crippen LogP contribution in [-0.4, -0.2) is 6.61 Å². The molecule has 1 unspecified atom stereocenters. The van der Waals surface area contributed by atoms with Gasteiger partial charge in [-0.15, -0.1) is 0 Å². The van der Waals surface area contributed by atoms with Crippen LogP contribution in [0.2, 0.25) is 0 Å². The Labute approximate surface area is 123 Å². The summed E-state index contributed by atoms with van der Waals surface area (Å²) in [6.45, 7) is 2.67. The number of halogens is 3. The second-order valence-electron chi connectivity index (χ2n) is 5.66. The molecule has 0 N–H and O–H groups in total. The molecular formula is C17H21F3O. The Kier molecular flexibility index (Phi) is 5.32. The van der Waals surface area contributed by atoms with E-state index < -0.39 is 11.7 Å². The minimum absolute atomic E-state index is 0.271. The van der Waals surface area contributed by atoms with Gasteiger partial charge in [0, 0.05) is 0 Å². The number of alkyl halides is 3. The quantitative estimate of drug-likeness (QED) is 0.517. The molecular weight excluding hydrogens is 277 g/mol. The summed E-state index contributed by atoms with van der Waals surface area (Å²) in [6, 6.07) is 5.02. The zero-order valence-electron chi connectivity index (χ0n) is 12.2. The molecule has 1 aromatic carbocycles. The molecule has 0 saturated heterocycles. The van der Waals surface area contributed by atoms with Gasteiger partial charge in [0.05, 0.1) is 12.2 Å². The monoisotopic (exact) mass is 298 g/mol. The first-order chi connectivity index (χ1) is 9.97. The molecule has 1 aliphatic rings. The standard InChI is InChI=1S/C17H21F3O/c1-13-6-4-8-14(13)7-2-3-11-21-16-10-5-9-15(12-16)17(18,19)20/h2,5,7,9-10,12-14H,3-4,6,8,11H2,1H3/b7-2+/t13-,14?/m0/s1. The van der Waals surface area contributed by atoms with Crippen molar-refractivity contribution in [3.8, 4) is 5.75 Å². The fraction of sp³-hybridized carbons (Fsp3) is 0.529. The lowest BCUT2D eigenvalue weighted by Gasteiger charge is -2.10. The van der Waals surface area contributed by atoms with Gasteiger partial charge in [0.15, 0.2) is 0 Å². The van der Waals surface area contributed by atoms with Crippen molar-refractivity contribution in [2.24, 2.45) is 11.8 Å². The van der Waals surface area contributed by atoms with Crippen molar-refractivity contribution in [3.05, 3.63) is 42.0 Å². The number of rotatable bonds is 5. The van der Waals surface area contributed by atoms with E-state index in [0.717, 1.165) is 24.5 Å². The van der Waals surface area contributed by atoms with Crippen molar-refractivity contribution >= 4 is 0 Å². The highest BCUT2D eigenvalue weighted by Gasteiger charge is 2.30. The highest BCUT2D eigenvalue weighted by atomic mass is 19.4. The fourth-order valence-electron chi connectivity index (χ4n) is 2.74. The van der Waals surface area contributed by atoms with E-state index >= 15 is 0 Å². The van der Waals surface area contributed by atoms with E-state index in [2.05, 4.69) is 19.1 Å². The molecule has 0 radical (unpaired) electrons. The molecule has 2 atom stereocenters. The van der Waals surface area contributed by atoms with Gasteiger partial charge in [-0.1, -0.05) is 38.0 Å². The maximum absolute atomic E-state index is 12.6. The first-order valence-corrected chi connectivity index (χ1v) is 7.43. The van der Waals surface area contributed by atoms with Crippen molar-refractivity contribution in [1.82, 2.24) is 0 Å². The molecule has 1 aromatic rings. The van der Waals surface area contributed by atoms with Gasteiger partial charge in [0.2, 0.25) is 0 Å². The Morgan fingerprint density at radius 3 is 2.76 bits per heavy atom. The number of benzene rings is 1. The number of hydrogen-bond donors (Lipinski definition) is 0. The highest BCUT2D eigenvalue weighted by Crippen LogP contribution is 2.32. The summed E-state index contributed by atoms with van der Waals surface area (Å²) in [5.74, 6) is 1.66. The minimum atomic E-state index is -4.32. The van der Waals surface area contributed by atoms with Crippen molar-refractivity contribution in [2.45, 2.75) is 38.8 Å². The third-order valence-electron chi connectivity index (χ3n) is 4.03. The summed E-state index contributed by atoms with van der Waals surface area (Å²) in [4.78, 5) is 0. The third-order valence-corrected chi connectivity index (χ3v) is 4.03. The molecule has 0 amide bonds. The van der Waals surface area contributed by atoms with E-state index in [-0.39, 0.29) is 5.75 Å². The van der Waals surface area contributed by atoms with Crippen molar-refractivity contribution in [3.63, 3.8) is 0 Å². The van der Waals surface area contributed by atoms with Gasteiger partial charge in [-0.3, -0.25) is 0 Å². The molecule has 1 nitrogen and oxygen atoms in total. The second kappa shape index (κ2) is 7.01. The molecule has 116 valence electrons. The minimum Gasteiger partial charge on any atom is -0.493 e. The van der Waals surface area contributed by atoms with E-state index in [0.29, 0.717) is 12.5 Å². The summed E-state index contributed by atoms with van der Waals surface area (Å²) >= 11 is 0. The zero-order chi connectivity index (χ0) is 15.3. The molecule has 4 heteroatoms. The normalized spacial score (nSPS) is 22.9. The topological polar surface area (TPSA) is 9.23 Å². The smallest absolute Gasteiger partial charge is 0.416 e. The lowest BCUT2D eigenvalue weighted by Crippen LogP contribution is -2.05. The lowest BCUT2D eigenvalue weighted by molar-refractivity contribution is -0.137. The summed E-state index contributed by atoms with van der Waals surface area (Å²) in [5, 5.41) is 0. The van der Waals surface area contributed by atoms with Crippen molar-refractivity contribution in [1.29, 1.82) is 0 Å². The van der Waals surface area contributed by atoms with Gasteiger partial charge in [0.1, 0.15) is 5.75 Å². The van der Waals surface area contributed by atoms with Crippen LogP contribution >= 0.6 is 0 Å². The van der Waals surface area contributed by atoms with Crippen LogP contribution in [0.4, 0.5) is 13.2 Å². The van der Waals surface area contributed by atoms with Crippen molar-refractivity contribution < 1.29 is 17.9 Å². The summed E-state index contributed by atoms with van der Waals surface area (Å²) in [5.41, 5.74) is -0.671. The van der Waals surface area contributed by atoms with Gasteiger partial charge in [-0.2, -0.15) is 13.2 Å². The van der Waals surface area contributed by atoms with Gasteiger partial charge < -0.3 is 4.74 Å². The molecule has 0 heterocycles. The number of hydrogen-bond acceptors (Lipinski definition) is 1. The summed E-state index contributed by atoms with van der Waals surface area (Å²) in [6.07, 6.45) is 4.53. The van der Waals surface area contributed by atoms with E-state index in [9.17, 15) is 13.2 Å². The van der Waals surface area contributed by atoms with E-state index in [1.54, 1.807) is 6.07 Å². The average molecular weight is 298 g/mol. The van der Waals surface area contributed by atoms with E-state index in [4.69, 9.17) is 4.74 Å². The first kappa shape index (κ1) is 15.9. The number of allylic oxidation sites excluding steroid dienone is 1. The van der Waals surface area contributed by atoms with Gasteiger partial charge in [-0.25, -0.2) is 0 Å². The van der Waals surface area contributed by atoms with Crippen LogP contribution in [-0.2, 0) is 6.18 Å². The Morgan fingerprint density at radius 1 is 1.29 bits per heavy atom. The van der Waals surface area contributed by atoms with Crippen LogP contribution in [0.5, 0.6) is 5.75 Å². The number of ether oxygens (including phenoxy) is 1. The molecule has 0 bridgehead atoms. The summed E-state index contributed by atoms with van der Waals surface area (Å²) < 4.78 is 43.0. The zero-order valence-corrected chi connectivity index (χ0v) is 12.2. The molecule has 1 saturated carbocycles. The largest absolute Gasteiger partial charge is 0.493 e. The predicted octanol–water partition coefficient (Wildman–Crippen LogP) is 5.47. The molecule has 1 aliphatic carbocycles. The SMILES string of the molecule is C[C@H]1CCCC1/C=C/CCOc1cccc(C(F)(F)F)c1. The van der Waals surface area contributed by atoms with E-state index in [1.807, 2.05) is 0 Å². The highest BCUT2D eigenvalue weighted by molar-refractivity contribution is 5.30. The lowest BCUT2D eigenvalue weighted by atomic mass is 9.97. The Morgan fingerprint density at radius 2 is 2.10 bits per heavy atom. The van der Waals surface area contributed by atoms with Crippen LogP contribution in [0.1, 0.15) is 38.2 Å². The van der Waals surface area contributed by atoms with Crippen LogP contribution in [0.15, 0.2) is 36.4 Å². The molecule has 2 rings (SSSR count). The molecule has 0 aromatic heterocycles. The molecule has 21 heavy (non-hydrogen) atoms. The Hall–Kier alpha value is -1.45. The molecule has 0 spiro atoms. The second-order valence-corrected chi connectivity index (χ2v) is 5.66. The predicted molar refractivity (Wildman–Crippen MR) is 77.2 cm³/mol. The molecule has 0 aliphatic heterocycles. The average Bonchev–Trinajstić information content (AvgIpc) is 2.83. The fourth-order valence-corrected chi connectivity index (χ4v) is 2.74. The van der Waals surface area contributed by atoms with Gasteiger partial charge in [0.25, 0.3) is 0 Å². The van der Waals surface area contributed by atoms with Crippen LogP contribution < -0.4 is 4.74 Å². The summed E-state index contributed by atoms with van der Waals surface area (Å²) in [7, 11) is 0. The van der Waals surface area contributed by atoms with Crippen LogP contribution in [0, 0.1) is 11.8 Å². The molecule has 1 fully saturated rings. The van der Waals surface area contributed by atoms with Crippen LogP contribution in [0.3, 0.4) is 0 Å². The maximum atomic E-state index is 12.6. The van der Waals surface area contributed by atoms with E-state index in [1.165, 1.54) is 25.3 Å². The maximum Gasteiger partial charge on any atom is 0.416 e.